The van der Waals surface area contributed by atoms with Gasteiger partial charge in [-0.25, -0.2) is 9.59 Å². The number of rotatable bonds is 7. The number of benzene rings is 1. The van der Waals surface area contributed by atoms with Gasteiger partial charge in [-0.15, -0.1) is 0 Å². The Labute approximate surface area is 187 Å². The summed E-state index contributed by atoms with van der Waals surface area (Å²) >= 11 is 3.15. The van der Waals surface area contributed by atoms with Gasteiger partial charge in [-0.1, -0.05) is 28.1 Å². The maximum absolute atomic E-state index is 12.2. The van der Waals surface area contributed by atoms with Crippen LogP contribution in [0.5, 0.6) is 0 Å². The molecule has 0 aliphatic carbocycles. The van der Waals surface area contributed by atoms with E-state index in [1.165, 1.54) is 18.2 Å². The van der Waals surface area contributed by atoms with Crippen LogP contribution in [-0.2, 0) is 18.9 Å². The smallest absolute Gasteiger partial charge is 0.433 e. The lowest BCUT2D eigenvalue weighted by atomic mass is 9.90. The lowest BCUT2D eigenvalue weighted by Crippen LogP contribution is -2.29. The van der Waals surface area contributed by atoms with E-state index >= 15 is 0 Å². The largest absolute Gasteiger partial charge is 0.513 e. The first-order valence-electron chi connectivity index (χ1n) is 9.36. The zero-order valence-electron chi connectivity index (χ0n) is 17.5. The standard InChI is InChI=1S/C20H23BrN2O8/c1-11(2)29-20(25)31-18-13(4)22-12(3)17(30-19(24)28-9-8-21)16(18)14-6-5-7-15(10-14)23(26)27/h5-7,10-11,16,22H,8-9H2,1-4H3. The quantitative estimate of drug-likeness (QED) is 0.242. The maximum atomic E-state index is 12.2. The molecule has 1 unspecified atom stereocenters. The van der Waals surface area contributed by atoms with Gasteiger partial charge in [-0.3, -0.25) is 10.1 Å². The monoisotopic (exact) mass is 498 g/mol. The first-order valence-corrected chi connectivity index (χ1v) is 10.5. The van der Waals surface area contributed by atoms with Crippen molar-refractivity contribution in [1.29, 1.82) is 0 Å². The highest BCUT2D eigenvalue weighted by Gasteiger charge is 2.36. The molecule has 1 N–H and O–H groups in total. The van der Waals surface area contributed by atoms with Gasteiger partial charge in [0.1, 0.15) is 24.0 Å². The Morgan fingerprint density at radius 3 is 2.32 bits per heavy atom. The van der Waals surface area contributed by atoms with Crippen LogP contribution in [0.2, 0.25) is 0 Å². The number of alkyl halides is 1. The van der Waals surface area contributed by atoms with Crippen LogP contribution in [0.4, 0.5) is 15.3 Å². The zero-order valence-corrected chi connectivity index (χ0v) is 19.1. The highest BCUT2D eigenvalue weighted by molar-refractivity contribution is 9.09. The molecule has 1 aromatic carbocycles. The number of halogens is 1. The van der Waals surface area contributed by atoms with Gasteiger partial charge in [0.15, 0.2) is 0 Å². The minimum atomic E-state index is -0.963. The van der Waals surface area contributed by atoms with E-state index in [1.807, 2.05) is 0 Å². The predicted octanol–water partition coefficient (Wildman–Crippen LogP) is 4.85. The maximum Gasteiger partial charge on any atom is 0.513 e. The van der Waals surface area contributed by atoms with Crippen LogP contribution in [0, 0.1) is 10.1 Å². The Balaban J connectivity index is 2.51. The van der Waals surface area contributed by atoms with Crippen LogP contribution in [0.3, 0.4) is 0 Å². The fraction of sp³-hybridized carbons (Fsp3) is 0.400. The predicted molar refractivity (Wildman–Crippen MR) is 113 cm³/mol. The average Bonchev–Trinajstić information content (AvgIpc) is 2.69. The third kappa shape index (κ3) is 6.45. The first kappa shape index (κ1) is 24.2. The van der Waals surface area contributed by atoms with Gasteiger partial charge in [0.2, 0.25) is 0 Å². The van der Waals surface area contributed by atoms with Crippen LogP contribution < -0.4 is 5.32 Å². The molecule has 0 fully saturated rings. The van der Waals surface area contributed by atoms with E-state index in [1.54, 1.807) is 33.8 Å². The number of carbonyl (C=O) groups excluding carboxylic acids is 2. The molecule has 0 saturated carbocycles. The molecule has 10 nitrogen and oxygen atoms in total. The molecule has 1 heterocycles. The zero-order chi connectivity index (χ0) is 23.1. The van der Waals surface area contributed by atoms with Crippen LogP contribution >= 0.6 is 15.9 Å². The molecule has 0 aromatic heterocycles. The van der Waals surface area contributed by atoms with Crippen LogP contribution in [0.15, 0.2) is 47.2 Å². The number of nitro groups is 1. The van der Waals surface area contributed by atoms with Gasteiger partial charge in [-0.05, 0) is 33.3 Å². The Hall–Kier alpha value is -3.08. The Morgan fingerprint density at radius 1 is 1.16 bits per heavy atom. The molecule has 1 aromatic rings. The Morgan fingerprint density at radius 2 is 1.77 bits per heavy atom. The van der Waals surface area contributed by atoms with Crippen molar-refractivity contribution < 1.29 is 33.5 Å². The lowest BCUT2D eigenvalue weighted by molar-refractivity contribution is -0.384. The molecule has 2 rings (SSSR count). The van der Waals surface area contributed by atoms with E-state index in [0.717, 1.165) is 0 Å². The summed E-state index contributed by atoms with van der Waals surface area (Å²) in [5, 5.41) is 14.7. The van der Waals surface area contributed by atoms with Gasteiger partial charge in [0, 0.05) is 17.5 Å². The van der Waals surface area contributed by atoms with E-state index < -0.39 is 29.3 Å². The summed E-state index contributed by atoms with van der Waals surface area (Å²) in [7, 11) is 0. The molecule has 0 amide bonds. The number of nitrogens with one attached hydrogen (secondary N) is 1. The minimum absolute atomic E-state index is 0.0815. The van der Waals surface area contributed by atoms with Crippen molar-refractivity contribution in [2.24, 2.45) is 0 Å². The van der Waals surface area contributed by atoms with Gasteiger partial charge in [0.25, 0.3) is 5.69 Å². The fourth-order valence-corrected chi connectivity index (χ4v) is 3.06. The third-order valence-corrected chi connectivity index (χ3v) is 4.39. The van der Waals surface area contributed by atoms with Crippen molar-refractivity contribution in [1.82, 2.24) is 5.32 Å². The number of hydrogen-bond donors (Lipinski definition) is 1. The van der Waals surface area contributed by atoms with Crippen molar-refractivity contribution in [2.45, 2.75) is 39.7 Å². The Kier molecular flexibility index (Phi) is 8.43. The van der Waals surface area contributed by atoms with Crippen molar-refractivity contribution in [3.63, 3.8) is 0 Å². The average molecular weight is 499 g/mol. The highest BCUT2D eigenvalue weighted by Crippen LogP contribution is 2.40. The topological polar surface area (TPSA) is 126 Å². The summed E-state index contributed by atoms with van der Waals surface area (Å²) in [6.07, 6.45) is -2.34. The van der Waals surface area contributed by atoms with Crippen molar-refractivity contribution in [3.8, 4) is 0 Å². The minimum Gasteiger partial charge on any atom is -0.433 e. The van der Waals surface area contributed by atoms with Gasteiger partial charge < -0.3 is 24.3 Å². The number of hydrogen-bond acceptors (Lipinski definition) is 9. The number of allylic oxidation sites excluding steroid dienone is 2. The van der Waals surface area contributed by atoms with Crippen LogP contribution in [-0.4, -0.2) is 35.3 Å². The number of nitrogens with zero attached hydrogens (tertiary/aromatic N) is 1. The SMILES string of the molecule is CC1=C(OC(=O)OCCBr)C(c2cccc([N+](=O)[O-])c2)C(OC(=O)OC(C)C)=C(C)N1. The molecule has 0 saturated heterocycles. The summed E-state index contributed by atoms with van der Waals surface area (Å²) < 4.78 is 20.9. The summed E-state index contributed by atoms with van der Waals surface area (Å²) in [6.45, 7) is 6.73. The van der Waals surface area contributed by atoms with E-state index in [4.69, 9.17) is 18.9 Å². The molecular weight excluding hydrogens is 476 g/mol. The molecule has 0 radical (unpaired) electrons. The highest BCUT2D eigenvalue weighted by atomic mass is 79.9. The molecule has 31 heavy (non-hydrogen) atoms. The molecule has 1 aliphatic heterocycles. The first-order chi connectivity index (χ1) is 14.6. The third-order valence-electron chi connectivity index (χ3n) is 4.07. The second-order valence-electron chi connectivity index (χ2n) is 6.80. The normalized spacial score (nSPS) is 16.0. The van der Waals surface area contributed by atoms with Gasteiger partial charge in [0.05, 0.1) is 22.4 Å². The number of ether oxygens (including phenoxy) is 4. The van der Waals surface area contributed by atoms with E-state index in [2.05, 4.69) is 21.2 Å². The van der Waals surface area contributed by atoms with Crippen LogP contribution in [0.25, 0.3) is 0 Å². The second-order valence-corrected chi connectivity index (χ2v) is 7.59. The molecule has 11 heteroatoms. The number of nitro benzene ring substituents is 1. The van der Waals surface area contributed by atoms with E-state index in [9.17, 15) is 19.7 Å². The van der Waals surface area contributed by atoms with Crippen molar-refractivity contribution in [3.05, 3.63) is 62.9 Å². The Bertz CT molecular complexity index is 926. The summed E-state index contributed by atoms with van der Waals surface area (Å²) in [5.41, 5.74) is 1.12. The van der Waals surface area contributed by atoms with Gasteiger partial charge in [-0.2, -0.15) is 0 Å². The molecule has 0 spiro atoms. The lowest BCUT2D eigenvalue weighted by Gasteiger charge is -2.30. The molecule has 168 valence electrons. The van der Waals surface area contributed by atoms with E-state index in [-0.39, 0.29) is 23.8 Å². The molecule has 0 bridgehead atoms. The molecule has 1 aliphatic rings. The fourth-order valence-electron chi connectivity index (χ4n) is 2.90. The summed E-state index contributed by atoms with van der Waals surface area (Å²) in [5.74, 6) is -0.768. The molecular formula is C20H23BrN2O8. The second kappa shape index (κ2) is 10.8. The van der Waals surface area contributed by atoms with Crippen molar-refractivity contribution in [2.75, 3.05) is 11.9 Å². The number of non-ortho nitro benzene ring substituents is 1. The van der Waals surface area contributed by atoms with Gasteiger partial charge >= 0.3 is 12.3 Å². The summed E-state index contributed by atoms with van der Waals surface area (Å²) in [4.78, 5) is 35.1. The molecule has 1 atom stereocenters. The number of dihydropyridines is 1. The summed E-state index contributed by atoms with van der Waals surface area (Å²) in [6, 6.07) is 5.75. The number of carbonyl (C=O) groups is 2. The van der Waals surface area contributed by atoms with Crippen molar-refractivity contribution >= 4 is 33.9 Å². The van der Waals surface area contributed by atoms with E-state index in [0.29, 0.717) is 22.3 Å². The van der Waals surface area contributed by atoms with Crippen LogP contribution in [0.1, 0.15) is 39.2 Å².